The average molecular weight is 320 g/mol. The van der Waals surface area contributed by atoms with Crippen LogP contribution in [0, 0.1) is 11.6 Å². The Bertz CT molecular complexity index is 605. The number of benzene rings is 1. The van der Waals surface area contributed by atoms with E-state index in [0.29, 0.717) is 19.0 Å². The highest BCUT2D eigenvalue weighted by atomic mass is 32.2. The average Bonchev–Trinajstić information content (AvgIpc) is 2.36. The third-order valence-corrected chi connectivity index (χ3v) is 4.04. The molecule has 1 aromatic carbocycles. The van der Waals surface area contributed by atoms with E-state index in [9.17, 15) is 22.0 Å². The molecule has 1 rings (SSSR count). The van der Waals surface area contributed by atoms with Gasteiger partial charge >= 0.3 is 0 Å². The van der Waals surface area contributed by atoms with Crippen LogP contribution in [0.4, 0.5) is 14.5 Å². The molecule has 0 aromatic heterocycles. The minimum atomic E-state index is -3.38. The van der Waals surface area contributed by atoms with Crippen molar-refractivity contribution in [3.63, 3.8) is 0 Å². The van der Waals surface area contributed by atoms with Crippen molar-refractivity contribution in [3.8, 4) is 0 Å². The molecular formula is C13H18F2N2O3S. The molecule has 1 amide bonds. The fourth-order valence-electron chi connectivity index (χ4n) is 1.72. The molecule has 1 aromatic rings. The Morgan fingerprint density at radius 1 is 1.29 bits per heavy atom. The number of carbonyl (C=O) groups is 1. The highest BCUT2D eigenvalue weighted by Gasteiger charge is 2.17. The number of nitrogens with one attached hydrogen (secondary N) is 1. The Kier molecular flexibility index (Phi) is 6.22. The number of nitrogens with zero attached hydrogens (tertiary/aromatic N) is 1. The predicted octanol–water partition coefficient (Wildman–Crippen LogP) is 1.96. The standard InChI is InChI=1S/C13H18F2N2O3S/c1-3-7-17(21(2,19)20)8-6-13(18)16-12-5-4-10(14)9-11(12)15/h4-5,9H,3,6-8H2,1-2H3,(H,16,18). The van der Waals surface area contributed by atoms with Gasteiger partial charge in [0.15, 0.2) is 0 Å². The van der Waals surface area contributed by atoms with Crippen LogP contribution in [0.2, 0.25) is 0 Å². The van der Waals surface area contributed by atoms with Crippen LogP contribution in [-0.2, 0) is 14.8 Å². The summed E-state index contributed by atoms with van der Waals surface area (Å²) in [7, 11) is -3.38. The lowest BCUT2D eigenvalue weighted by molar-refractivity contribution is -0.116. The van der Waals surface area contributed by atoms with Crippen molar-refractivity contribution in [2.75, 3.05) is 24.7 Å². The molecule has 0 saturated carbocycles. The van der Waals surface area contributed by atoms with Crippen molar-refractivity contribution in [3.05, 3.63) is 29.8 Å². The fraction of sp³-hybridized carbons (Fsp3) is 0.462. The maximum absolute atomic E-state index is 13.4. The quantitative estimate of drug-likeness (QED) is 0.835. The van der Waals surface area contributed by atoms with E-state index in [1.165, 1.54) is 4.31 Å². The van der Waals surface area contributed by atoms with E-state index >= 15 is 0 Å². The number of hydrogen-bond acceptors (Lipinski definition) is 3. The molecule has 0 radical (unpaired) electrons. The van der Waals surface area contributed by atoms with E-state index in [4.69, 9.17) is 0 Å². The number of carbonyl (C=O) groups excluding carboxylic acids is 1. The lowest BCUT2D eigenvalue weighted by atomic mass is 10.3. The molecule has 118 valence electrons. The van der Waals surface area contributed by atoms with Crippen molar-refractivity contribution < 1.29 is 22.0 Å². The molecule has 0 spiro atoms. The van der Waals surface area contributed by atoms with Crippen LogP contribution in [-0.4, -0.2) is 38.0 Å². The van der Waals surface area contributed by atoms with Gasteiger partial charge in [-0.15, -0.1) is 0 Å². The van der Waals surface area contributed by atoms with Gasteiger partial charge in [0.2, 0.25) is 15.9 Å². The number of anilines is 1. The van der Waals surface area contributed by atoms with Gasteiger partial charge in [-0.1, -0.05) is 6.92 Å². The summed E-state index contributed by atoms with van der Waals surface area (Å²) in [5.41, 5.74) is -0.136. The van der Waals surface area contributed by atoms with E-state index in [-0.39, 0.29) is 18.7 Å². The molecule has 21 heavy (non-hydrogen) atoms. The second-order valence-corrected chi connectivity index (χ2v) is 6.57. The van der Waals surface area contributed by atoms with Gasteiger partial charge in [-0.05, 0) is 18.6 Å². The molecule has 0 bridgehead atoms. The first-order chi connectivity index (χ1) is 9.74. The molecule has 0 saturated heterocycles. The topological polar surface area (TPSA) is 66.5 Å². The molecule has 8 heteroatoms. The molecule has 0 atom stereocenters. The fourth-order valence-corrected chi connectivity index (χ4v) is 2.66. The summed E-state index contributed by atoms with van der Waals surface area (Å²) >= 11 is 0. The van der Waals surface area contributed by atoms with Crippen LogP contribution in [0.5, 0.6) is 0 Å². The van der Waals surface area contributed by atoms with Gasteiger partial charge in [0.25, 0.3) is 0 Å². The van der Waals surface area contributed by atoms with Crippen molar-refractivity contribution >= 4 is 21.6 Å². The Morgan fingerprint density at radius 2 is 1.95 bits per heavy atom. The van der Waals surface area contributed by atoms with E-state index < -0.39 is 27.6 Å². The third-order valence-electron chi connectivity index (χ3n) is 2.74. The minimum Gasteiger partial charge on any atom is -0.324 e. The molecule has 0 aliphatic heterocycles. The van der Waals surface area contributed by atoms with Gasteiger partial charge < -0.3 is 5.32 Å². The first-order valence-electron chi connectivity index (χ1n) is 6.44. The monoisotopic (exact) mass is 320 g/mol. The zero-order chi connectivity index (χ0) is 16.0. The zero-order valence-electron chi connectivity index (χ0n) is 11.9. The molecule has 1 N–H and O–H groups in total. The van der Waals surface area contributed by atoms with E-state index in [0.717, 1.165) is 18.4 Å². The van der Waals surface area contributed by atoms with E-state index in [1.807, 2.05) is 6.92 Å². The molecule has 0 aliphatic rings. The normalized spacial score (nSPS) is 11.7. The number of hydrogen-bond donors (Lipinski definition) is 1. The Labute approximate surface area is 123 Å². The Balaban J connectivity index is 2.61. The van der Waals surface area contributed by atoms with Crippen LogP contribution < -0.4 is 5.32 Å². The van der Waals surface area contributed by atoms with Crippen LogP contribution in [0.3, 0.4) is 0 Å². The lowest BCUT2D eigenvalue weighted by Crippen LogP contribution is -2.33. The van der Waals surface area contributed by atoms with Gasteiger partial charge in [0, 0.05) is 25.6 Å². The number of amides is 1. The van der Waals surface area contributed by atoms with Crippen molar-refractivity contribution in [2.45, 2.75) is 19.8 Å². The summed E-state index contributed by atoms with van der Waals surface area (Å²) in [4.78, 5) is 11.7. The van der Waals surface area contributed by atoms with Crippen LogP contribution >= 0.6 is 0 Å². The number of rotatable bonds is 7. The predicted molar refractivity (Wildman–Crippen MR) is 76.3 cm³/mol. The van der Waals surface area contributed by atoms with Gasteiger partial charge in [0.1, 0.15) is 11.6 Å². The highest BCUT2D eigenvalue weighted by molar-refractivity contribution is 7.88. The van der Waals surface area contributed by atoms with Crippen LogP contribution in [0.25, 0.3) is 0 Å². The van der Waals surface area contributed by atoms with Crippen LogP contribution in [0.1, 0.15) is 19.8 Å². The van der Waals surface area contributed by atoms with Gasteiger partial charge in [-0.25, -0.2) is 21.5 Å². The number of sulfonamides is 1. The van der Waals surface area contributed by atoms with Gasteiger partial charge in [-0.2, -0.15) is 0 Å². The number of halogens is 2. The minimum absolute atomic E-state index is 0.0152. The lowest BCUT2D eigenvalue weighted by Gasteiger charge is -2.18. The first-order valence-corrected chi connectivity index (χ1v) is 8.29. The molecule has 5 nitrogen and oxygen atoms in total. The zero-order valence-corrected chi connectivity index (χ0v) is 12.7. The third kappa shape index (κ3) is 5.76. The maximum atomic E-state index is 13.4. The van der Waals surface area contributed by atoms with Gasteiger partial charge in [0.05, 0.1) is 11.9 Å². The second kappa shape index (κ2) is 7.46. The summed E-state index contributed by atoms with van der Waals surface area (Å²) in [5.74, 6) is -2.15. The van der Waals surface area contributed by atoms with Crippen molar-refractivity contribution in [1.29, 1.82) is 0 Å². The highest BCUT2D eigenvalue weighted by Crippen LogP contribution is 2.15. The SMILES string of the molecule is CCCN(CCC(=O)Nc1ccc(F)cc1F)S(C)(=O)=O. The summed E-state index contributed by atoms with van der Waals surface area (Å²) in [6, 6.07) is 2.80. The summed E-state index contributed by atoms with van der Waals surface area (Å²) in [5, 5.41) is 2.28. The largest absolute Gasteiger partial charge is 0.324 e. The molecule has 0 fully saturated rings. The Hall–Kier alpha value is -1.54. The first kappa shape index (κ1) is 17.5. The summed E-state index contributed by atoms with van der Waals surface area (Å²) in [6.07, 6.45) is 1.59. The molecule has 0 heterocycles. The Morgan fingerprint density at radius 3 is 2.48 bits per heavy atom. The van der Waals surface area contributed by atoms with Crippen molar-refractivity contribution in [2.24, 2.45) is 0 Å². The molecular weight excluding hydrogens is 302 g/mol. The van der Waals surface area contributed by atoms with Crippen molar-refractivity contribution in [1.82, 2.24) is 4.31 Å². The maximum Gasteiger partial charge on any atom is 0.225 e. The van der Waals surface area contributed by atoms with E-state index in [2.05, 4.69) is 5.32 Å². The molecule has 0 aliphatic carbocycles. The van der Waals surface area contributed by atoms with Crippen LogP contribution in [0.15, 0.2) is 18.2 Å². The summed E-state index contributed by atoms with van der Waals surface area (Å²) in [6.45, 7) is 2.16. The second-order valence-electron chi connectivity index (χ2n) is 4.58. The smallest absolute Gasteiger partial charge is 0.225 e. The van der Waals surface area contributed by atoms with E-state index in [1.54, 1.807) is 0 Å². The summed E-state index contributed by atoms with van der Waals surface area (Å²) < 4.78 is 50.2. The van der Waals surface area contributed by atoms with Gasteiger partial charge in [-0.3, -0.25) is 4.79 Å². The molecule has 0 unspecified atom stereocenters.